The van der Waals surface area contributed by atoms with Crippen molar-refractivity contribution < 1.29 is 9.53 Å². The lowest BCUT2D eigenvalue weighted by Crippen LogP contribution is -2.48. The first-order valence-corrected chi connectivity index (χ1v) is 9.96. The molecule has 134 valence electrons. The number of amides is 1. The number of benzene rings is 1. The Hall–Kier alpha value is -2.45. The fourth-order valence-corrected chi connectivity index (χ4v) is 4.44. The van der Waals surface area contributed by atoms with Crippen molar-refractivity contribution in [2.75, 3.05) is 38.2 Å². The summed E-state index contributed by atoms with van der Waals surface area (Å²) in [5, 5.41) is 6.15. The predicted octanol–water partition coefficient (Wildman–Crippen LogP) is 3.24. The van der Waals surface area contributed by atoms with Crippen molar-refractivity contribution in [3.63, 3.8) is 0 Å². The number of anilines is 1. The van der Waals surface area contributed by atoms with Crippen molar-refractivity contribution in [3.8, 4) is 16.3 Å². The van der Waals surface area contributed by atoms with E-state index >= 15 is 0 Å². The van der Waals surface area contributed by atoms with Crippen LogP contribution in [0.15, 0.2) is 41.8 Å². The van der Waals surface area contributed by atoms with Crippen LogP contribution in [0.4, 0.5) is 5.69 Å². The molecule has 4 rings (SSSR count). The van der Waals surface area contributed by atoms with Crippen LogP contribution >= 0.6 is 22.9 Å². The largest absolute Gasteiger partial charge is 0.497 e. The van der Waals surface area contributed by atoms with E-state index in [1.54, 1.807) is 18.4 Å². The summed E-state index contributed by atoms with van der Waals surface area (Å²) >= 11 is 2.75. The van der Waals surface area contributed by atoms with Crippen LogP contribution in [0.5, 0.6) is 5.75 Å². The minimum absolute atomic E-state index is 0.0257. The number of ether oxygens (including phenoxy) is 1. The van der Waals surface area contributed by atoms with Crippen molar-refractivity contribution in [2.24, 2.45) is 0 Å². The van der Waals surface area contributed by atoms with E-state index < -0.39 is 0 Å². The Morgan fingerprint density at radius 1 is 1.12 bits per heavy atom. The van der Waals surface area contributed by atoms with Crippen molar-refractivity contribution in [1.82, 2.24) is 14.5 Å². The van der Waals surface area contributed by atoms with Gasteiger partial charge in [0.25, 0.3) is 5.91 Å². The Bertz CT molecular complexity index is 869. The highest BCUT2D eigenvalue weighted by atomic mass is 32.1. The summed E-state index contributed by atoms with van der Waals surface area (Å²) < 4.78 is 9.21. The number of methoxy groups -OCH3 is 1. The quantitative estimate of drug-likeness (QED) is 0.689. The van der Waals surface area contributed by atoms with Gasteiger partial charge in [-0.25, -0.2) is 0 Å². The minimum atomic E-state index is 0.0257. The molecule has 3 heterocycles. The smallest absolute Gasteiger partial charge is 0.268 e. The first-order chi connectivity index (χ1) is 12.8. The van der Waals surface area contributed by atoms with Crippen molar-refractivity contribution in [3.05, 3.63) is 46.7 Å². The Morgan fingerprint density at radius 2 is 1.88 bits per heavy atom. The Balaban J connectivity index is 1.43. The number of carbonyl (C=O) groups excluding carboxylic acids is 1. The van der Waals surface area contributed by atoms with Gasteiger partial charge in [-0.3, -0.25) is 4.79 Å². The molecule has 26 heavy (non-hydrogen) atoms. The lowest BCUT2D eigenvalue weighted by Gasteiger charge is -2.36. The van der Waals surface area contributed by atoms with Gasteiger partial charge in [-0.05, 0) is 47.2 Å². The van der Waals surface area contributed by atoms with E-state index in [4.69, 9.17) is 4.74 Å². The molecule has 1 aliphatic rings. The van der Waals surface area contributed by atoms with Gasteiger partial charge in [-0.15, -0.1) is 16.4 Å². The van der Waals surface area contributed by atoms with Gasteiger partial charge in [0.15, 0.2) is 0 Å². The van der Waals surface area contributed by atoms with E-state index in [1.165, 1.54) is 11.5 Å². The van der Waals surface area contributed by atoms with Gasteiger partial charge in [0.2, 0.25) is 0 Å². The topological polar surface area (TPSA) is 58.6 Å². The number of piperazine rings is 1. The summed E-state index contributed by atoms with van der Waals surface area (Å²) in [6, 6.07) is 12.0. The number of thiophene rings is 1. The fourth-order valence-electron chi connectivity index (χ4n) is 3.01. The standard InChI is InChI=1S/C18H18N4O2S2/c1-24-14-6-4-13(5-7-14)21-8-10-22(11-9-21)18(23)17-16(19-20-26-17)15-3-2-12-25-15/h2-7,12H,8-11H2,1H3. The van der Waals surface area contributed by atoms with E-state index in [0.717, 1.165) is 29.4 Å². The van der Waals surface area contributed by atoms with Gasteiger partial charge in [0, 0.05) is 31.9 Å². The molecule has 1 aliphatic heterocycles. The molecule has 0 saturated carbocycles. The summed E-state index contributed by atoms with van der Waals surface area (Å²) in [4.78, 5) is 18.7. The summed E-state index contributed by atoms with van der Waals surface area (Å²) in [7, 11) is 1.66. The minimum Gasteiger partial charge on any atom is -0.497 e. The zero-order valence-electron chi connectivity index (χ0n) is 14.3. The molecule has 3 aromatic rings. The van der Waals surface area contributed by atoms with Crippen LogP contribution in [0.1, 0.15) is 9.67 Å². The van der Waals surface area contributed by atoms with Crippen LogP contribution < -0.4 is 9.64 Å². The summed E-state index contributed by atoms with van der Waals surface area (Å²) in [6.45, 7) is 2.98. The third-order valence-electron chi connectivity index (χ3n) is 4.44. The first kappa shape index (κ1) is 17.0. The van der Waals surface area contributed by atoms with Crippen LogP contribution in [-0.2, 0) is 0 Å². The lowest BCUT2D eigenvalue weighted by molar-refractivity contribution is 0.0752. The van der Waals surface area contributed by atoms with Crippen molar-refractivity contribution in [2.45, 2.75) is 0 Å². The van der Waals surface area contributed by atoms with Gasteiger partial charge in [-0.2, -0.15) is 0 Å². The zero-order chi connectivity index (χ0) is 17.9. The number of hydrogen-bond acceptors (Lipinski definition) is 7. The highest BCUT2D eigenvalue weighted by molar-refractivity contribution is 7.14. The summed E-state index contributed by atoms with van der Waals surface area (Å²) in [5.41, 5.74) is 1.85. The second-order valence-electron chi connectivity index (χ2n) is 5.91. The van der Waals surface area contributed by atoms with Crippen molar-refractivity contribution >= 4 is 34.5 Å². The molecule has 2 aromatic heterocycles. The molecule has 1 aromatic carbocycles. The van der Waals surface area contributed by atoms with E-state index in [2.05, 4.69) is 26.6 Å². The molecular formula is C18H18N4O2S2. The van der Waals surface area contributed by atoms with E-state index in [0.29, 0.717) is 23.7 Å². The molecule has 0 bridgehead atoms. The van der Waals surface area contributed by atoms with Gasteiger partial charge < -0.3 is 14.5 Å². The van der Waals surface area contributed by atoms with Gasteiger partial charge in [0.1, 0.15) is 16.3 Å². The third kappa shape index (κ3) is 3.30. The highest BCUT2D eigenvalue weighted by Gasteiger charge is 2.27. The maximum Gasteiger partial charge on any atom is 0.268 e. The van der Waals surface area contributed by atoms with E-state index in [-0.39, 0.29) is 5.91 Å². The molecule has 1 fully saturated rings. The number of rotatable bonds is 4. The number of hydrogen-bond donors (Lipinski definition) is 0. The van der Waals surface area contributed by atoms with Crippen LogP contribution in [0.25, 0.3) is 10.6 Å². The van der Waals surface area contributed by atoms with Gasteiger partial charge in [0.05, 0.1) is 12.0 Å². The molecule has 0 N–H and O–H groups in total. The Morgan fingerprint density at radius 3 is 2.54 bits per heavy atom. The first-order valence-electron chi connectivity index (χ1n) is 8.31. The molecule has 0 atom stereocenters. The van der Waals surface area contributed by atoms with Crippen molar-refractivity contribution in [1.29, 1.82) is 0 Å². The molecule has 0 aliphatic carbocycles. The second-order valence-corrected chi connectivity index (χ2v) is 7.61. The monoisotopic (exact) mass is 386 g/mol. The van der Waals surface area contributed by atoms with Crippen LogP contribution in [0.2, 0.25) is 0 Å². The lowest BCUT2D eigenvalue weighted by atomic mass is 10.2. The normalized spacial score (nSPS) is 14.5. The third-order valence-corrected chi connectivity index (χ3v) is 6.03. The molecule has 6 nitrogen and oxygen atoms in total. The maximum atomic E-state index is 12.9. The van der Waals surface area contributed by atoms with Gasteiger partial charge >= 0.3 is 0 Å². The molecule has 0 spiro atoms. The zero-order valence-corrected chi connectivity index (χ0v) is 15.9. The molecule has 0 unspecified atom stereocenters. The van der Waals surface area contributed by atoms with Gasteiger partial charge in [-0.1, -0.05) is 10.6 Å². The average molecular weight is 387 g/mol. The van der Waals surface area contributed by atoms with E-state index in [9.17, 15) is 4.79 Å². The number of carbonyl (C=O) groups is 1. The fraction of sp³-hybridized carbons (Fsp3) is 0.278. The SMILES string of the molecule is COc1ccc(N2CCN(C(=O)c3snnc3-c3cccs3)CC2)cc1. The Labute approximate surface area is 159 Å². The molecular weight excluding hydrogens is 368 g/mol. The average Bonchev–Trinajstić information content (AvgIpc) is 3.39. The Kier molecular flexibility index (Phi) is 4.85. The van der Waals surface area contributed by atoms with Crippen LogP contribution in [0, 0.1) is 0 Å². The molecule has 0 radical (unpaired) electrons. The number of nitrogens with zero attached hydrogens (tertiary/aromatic N) is 4. The predicted molar refractivity (Wildman–Crippen MR) is 104 cm³/mol. The molecule has 1 saturated heterocycles. The highest BCUT2D eigenvalue weighted by Crippen LogP contribution is 2.29. The molecule has 8 heteroatoms. The summed E-state index contributed by atoms with van der Waals surface area (Å²) in [5.74, 6) is 0.874. The van der Waals surface area contributed by atoms with Crippen LogP contribution in [0.3, 0.4) is 0 Å². The summed E-state index contributed by atoms with van der Waals surface area (Å²) in [6.07, 6.45) is 0. The number of aromatic nitrogens is 2. The maximum absolute atomic E-state index is 12.9. The van der Waals surface area contributed by atoms with Crippen LogP contribution in [-0.4, -0.2) is 53.7 Å². The van der Waals surface area contributed by atoms with E-state index in [1.807, 2.05) is 34.5 Å². The molecule has 1 amide bonds. The second kappa shape index (κ2) is 7.43.